The SMILES string of the molecule is COc1ccc(C(=O)NC2CCC3(CC2)CN(C(=O)CCc2ccc(Br)c(F)c2)C3)cc1OCC1CC1. The summed E-state index contributed by atoms with van der Waals surface area (Å²) in [6.45, 7) is 2.22. The van der Waals surface area contributed by atoms with Gasteiger partial charge in [0.15, 0.2) is 11.5 Å². The molecule has 1 heterocycles. The van der Waals surface area contributed by atoms with E-state index in [1.165, 1.54) is 18.9 Å². The van der Waals surface area contributed by atoms with E-state index < -0.39 is 0 Å². The van der Waals surface area contributed by atoms with E-state index in [9.17, 15) is 14.0 Å². The van der Waals surface area contributed by atoms with Crippen molar-refractivity contribution in [3.63, 3.8) is 0 Å². The topological polar surface area (TPSA) is 67.9 Å². The number of likely N-dealkylation sites (tertiary alicyclic amines) is 1. The molecule has 6 nitrogen and oxygen atoms in total. The summed E-state index contributed by atoms with van der Waals surface area (Å²) >= 11 is 3.16. The standard InChI is InChI=1S/C29H34BrFN2O4/c1-36-25-8-6-21(15-26(25)37-16-20-2-3-20)28(35)32-22-10-12-29(13-11-22)17-33(18-29)27(34)9-5-19-4-7-23(30)24(31)14-19/h4,6-8,14-15,20,22H,2-3,5,9-13,16-18H2,1H3,(H,32,35). The van der Waals surface area contributed by atoms with Crippen LogP contribution < -0.4 is 14.8 Å². The summed E-state index contributed by atoms with van der Waals surface area (Å²) in [5.41, 5.74) is 1.59. The molecule has 0 unspecified atom stereocenters. The van der Waals surface area contributed by atoms with Gasteiger partial charge >= 0.3 is 0 Å². The highest BCUT2D eigenvalue weighted by Crippen LogP contribution is 2.44. The van der Waals surface area contributed by atoms with E-state index in [1.807, 2.05) is 11.0 Å². The molecule has 2 saturated carbocycles. The lowest BCUT2D eigenvalue weighted by Crippen LogP contribution is -2.60. The van der Waals surface area contributed by atoms with Crippen LogP contribution >= 0.6 is 15.9 Å². The number of nitrogens with zero attached hydrogens (tertiary/aromatic N) is 1. The van der Waals surface area contributed by atoms with Gasteiger partial charge in [-0.05, 0) is 103 Å². The maximum absolute atomic E-state index is 13.7. The smallest absolute Gasteiger partial charge is 0.251 e. The van der Waals surface area contributed by atoms with Gasteiger partial charge in [0.1, 0.15) is 5.82 Å². The summed E-state index contributed by atoms with van der Waals surface area (Å²) in [6.07, 6.45) is 7.15. The van der Waals surface area contributed by atoms with Crippen molar-refractivity contribution in [1.82, 2.24) is 10.2 Å². The fraction of sp³-hybridized carbons (Fsp3) is 0.517. The quantitative estimate of drug-likeness (QED) is 0.429. The van der Waals surface area contributed by atoms with Crippen molar-refractivity contribution in [2.24, 2.45) is 11.3 Å². The van der Waals surface area contributed by atoms with Gasteiger partial charge in [-0.25, -0.2) is 4.39 Å². The molecule has 1 saturated heterocycles. The van der Waals surface area contributed by atoms with Crippen LogP contribution in [0.25, 0.3) is 0 Å². The van der Waals surface area contributed by atoms with Crippen LogP contribution in [0.2, 0.25) is 0 Å². The number of hydrogen-bond acceptors (Lipinski definition) is 4. The third kappa shape index (κ3) is 6.28. The van der Waals surface area contributed by atoms with Crippen molar-refractivity contribution in [3.05, 3.63) is 57.8 Å². The van der Waals surface area contributed by atoms with E-state index in [0.717, 1.165) is 44.3 Å². The molecule has 1 N–H and O–H groups in total. The van der Waals surface area contributed by atoms with Gasteiger partial charge in [0, 0.05) is 36.5 Å². The van der Waals surface area contributed by atoms with Crippen LogP contribution in [0.4, 0.5) is 4.39 Å². The van der Waals surface area contributed by atoms with Crippen LogP contribution in [0, 0.1) is 17.2 Å². The molecule has 3 aliphatic rings. The number of amides is 2. The molecule has 0 radical (unpaired) electrons. The zero-order valence-electron chi connectivity index (χ0n) is 21.2. The number of hydrogen-bond donors (Lipinski definition) is 1. The Morgan fingerprint density at radius 1 is 1.08 bits per heavy atom. The third-order valence-corrected chi connectivity index (χ3v) is 8.64. The number of rotatable bonds is 9. The molecule has 2 aromatic carbocycles. The Morgan fingerprint density at radius 2 is 1.84 bits per heavy atom. The number of methoxy groups -OCH3 is 1. The van der Waals surface area contributed by atoms with Crippen LogP contribution in [0.5, 0.6) is 11.5 Å². The summed E-state index contributed by atoms with van der Waals surface area (Å²) in [4.78, 5) is 27.5. The van der Waals surface area contributed by atoms with E-state index in [1.54, 1.807) is 31.4 Å². The van der Waals surface area contributed by atoms with E-state index in [0.29, 0.717) is 46.9 Å². The monoisotopic (exact) mass is 572 g/mol. The number of nitrogens with one attached hydrogen (secondary N) is 1. The molecule has 37 heavy (non-hydrogen) atoms. The van der Waals surface area contributed by atoms with Gasteiger partial charge in [0.25, 0.3) is 5.91 Å². The average Bonchev–Trinajstić information content (AvgIpc) is 3.71. The van der Waals surface area contributed by atoms with E-state index >= 15 is 0 Å². The molecule has 2 aliphatic carbocycles. The summed E-state index contributed by atoms with van der Waals surface area (Å²) in [5.74, 6) is 1.62. The highest BCUT2D eigenvalue weighted by atomic mass is 79.9. The van der Waals surface area contributed by atoms with E-state index in [-0.39, 0.29) is 29.1 Å². The van der Waals surface area contributed by atoms with Crippen LogP contribution in [0.1, 0.15) is 60.9 Å². The van der Waals surface area contributed by atoms with Crippen molar-refractivity contribution in [3.8, 4) is 11.5 Å². The zero-order valence-corrected chi connectivity index (χ0v) is 22.8. The Bertz CT molecular complexity index is 1150. The summed E-state index contributed by atoms with van der Waals surface area (Å²) in [7, 11) is 1.61. The maximum Gasteiger partial charge on any atom is 0.251 e. The lowest BCUT2D eigenvalue weighted by Gasteiger charge is -2.53. The molecule has 198 valence electrons. The van der Waals surface area contributed by atoms with E-state index in [2.05, 4.69) is 21.2 Å². The highest BCUT2D eigenvalue weighted by Gasteiger charge is 2.46. The number of benzene rings is 2. The number of ether oxygens (including phenoxy) is 2. The largest absolute Gasteiger partial charge is 0.493 e. The van der Waals surface area contributed by atoms with Gasteiger partial charge in [-0.3, -0.25) is 9.59 Å². The van der Waals surface area contributed by atoms with Crippen LogP contribution in [0.15, 0.2) is 40.9 Å². The molecule has 1 aliphatic heterocycles. The van der Waals surface area contributed by atoms with Gasteiger partial charge < -0.3 is 19.7 Å². The number of carbonyl (C=O) groups excluding carboxylic acids is 2. The minimum absolute atomic E-state index is 0.0883. The second kappa shape index (κ2) is 11.0. The Labute approximate surface area is 226 Å². The molecule has 8 heteroatoms. The molecule has 0 bridgehead atoms. The molecule has 2 aromatic rings. The fourth-order valence-electron chi connectivity index (χ4n) is 5.43. The van der Waals surface area contributed by atoms with Gasteiger partial charge in [0.05, 0.1) is 18.2 Å². The lowest BCUT2D eigenvalue weighted by molar-refractivity contribution is -0.145. The molecule has 5 rings (SSSR count). The van der Waals surface area contributed by atoms with Crippen LogP contribution in [0.3, 0.4) is 0 Å². The van der Waals surface area contributed by atoms with Gasteiger partial charge in [-0.1, -0.05) is 6.07 Å². The second-order valence-electron chi connectivity index (χ2n) is 10.9. The Kier molecular flexibility index (Phi) is 7.75. The minimum Gasteiger partial charge on any atom is -0.493 e. The van der Waals surface area contributed by atoms with Gasteiger partial charge in [-0.15, -0.1) is 0 Å². The molecular formula is C29H34BrFN2O4. The molecule has 0 aromatic heterocycles. The Hall–Kier alpha value is -2.61. The first-order valence-corrected chi connectivity index (χ1v) is 14.0. The van der Waals surface area contributed by atoms with Crippen molar-refractivity contribution in [2.45, 2.75) is 57.4 Å². The maximum atomic E-state index is 13.7. The summed E-state index contributed by atoms with van der Waals surface area (Å²) in [6, 6.07) is 10.5. The lowest BCUT2D eigenvalue weighted by atomic mass is 9.67. The van der Waals surface area contributed by atoms with E-state index in [4.69, 9.17) is 9.47 Å². The normalized spacial score (nSPS) is 18.8. The molecule has 3 fully saturated rings. The Balaban J connectivity index is 1.06. The first kappa shape index (κ1) is 26.0. The number of aryl methyl sites for hydroxylation is 1. The zero-order chi connectivity index (χ0) is 26.0. The first-order valence-electron chi connectivity index (χ1n) is 13.2. The van der Waals surface area contributed by atoms with Crippen molar-refractivity contribution >= 4 is 27.7 Å². The molecule has 1 spiro atoms. The first-order chi connectivity index (χ1) is 17.8. The number of halogens is 2. The van der Waals surface area contributed by atoms with Gasteiger partial charge in [0.2, 0.25) is 5.91 Å². The van der Waals surface area contributed by atoms with Crippen molar-refractivity contribution in [1.29, 1.82) is 0 Å². The molecular weight excluding hydrogens is 539 g/mol. The highest BCUT2D eigenvalue weighted by molar-refractivity contribution is 9.10. The minimum atomic E-state index is -0.300. The average molecular weight is 574 g/mol. The van der Waals surface area contributed by atoms with Crippen molar-refractivity contribution < 1.29 is 23.5 Å². The third-order valence-electron chi connectivity index (χ3n) is 8.00. The summed E-state index contributed by atoms with van der Waals surface area (Å²) in [5, 5.41) is 3.19. The second-order valence-corrected chi connectivity index (χ2v) is 11.7. The van der Waals surface area contributed by atoms with Crippen LogP contribution in [-0.4, -0.2) is 49.6 Å². The van der Waals surface area contributed by atoms with Crippen LogP contribution in [-0.2, 0) is 11.2 Å². The predicted octanol–water partition coefficient (Wildman–Crippen LogP) is 5.52. The fourth-order valence-corrected chi connectivity index (χ4v) is 5.67. The predicted molar refractivity (Wildman–Crippen MR) is 142 cm³/mol. The molecule has 0 atom stereocenters. The van der Waals surface area contributed by atoms with Crippen molar-refractivity contribution in [2.75, 3.05) is 26.8 Å². The molecule has 2 amide bonds. The number of carbonyl (C=O) groups is 2. The van der Waals surface area contributed by atoms with Gasteiger partial charge in [-0.2, -0.15) is 0 Å². The summed E-state index contributed by atoms with van der Waals surface area (Å²) < 4.78 is 25.5. The Morgan fingerprint density at radius 3 is 2.51 bits per heavy atom.